The van der Waals surface area contributed by atoms with Gasteiger partial charge >= 0.3 is 0 Å². The van der Waals surface area contributed by atoms with Crippen LogP contribution in [-0.4, -0.2) is 6.04 Å². The average molecular weight is 420 g/mol. The standard InChI is InChI=1S/C27H30FNS/c1-5-7-18(3)20-8-14-24-25-15-13-23(17-27(25)30-26(24)16-20)29(19(4)6-2)22-11-9-21(28)10-12-22/h8-19H,5-7H2,1-4H3. The fourth-order valence-corrected chi connectivity index (χ4v) is 5.47. The maximum atomic E-state index is 13.5. The molecule has 0 saturated heterocycles. The van der Waals surface area contributed by atoms with Crippen LogP contribution in [0.15, 0.2) is 60.7 Å². The Hall–Kier alpha value is -2.39. The quantitative estimate of drug-likeness (QED) is 0.289. The van der Waals surface area contributed by atoms with Crippen LogP contribution in [-0.2, 0) is 0 Å². The van der Waals surface area contributed by atoms with Gasteiger partial charge in [-0.25, -0.2) is 4.39 Å². The highest BCUT2D eigenvalue weighted by atomic mass is 32.1. The number of fused-ring (bicyclic) bond motifs is 3. The minimum atomic E-state index is -0.198. The van der Waals surface area contributed by atoms with Gasteiger partial charge in [-0.05, 0) is 73.7 Å². The van der Waals surface area contributed by atoms with Crippen molar-refractivity contribution in [3.63, 3.8) is 0 Å². The van der Waals surface area contributed by atoms with Crippen molar-refractivity contribution in [2.75, 3.05) is 4.90 Å². The van der Waals surface area contributed by atoms with E-state index in [2.05, 4.69) is 69.0 Å². The van der Waals surface area contributed by atoms with Crippen LogP contribution < -0.4 is 4.90 Å². The molecular formula is C27H30FNS. The minimum absolute atomic E-state index is 0.198. The fourth-order valence-electron chi connectivity index (χ4n) is 4.28. The molecule has 0 amide bonds. The lowest BCUT2D eigenvalue weighted by molar-refractivity contribution is 0.626. The van der Waals surface area contributed by atoms with E-state index >= 15 is 0 Å². The summed E-state index contributed by atoms with van der Waals surface area (Å²) in [6.07, 6.45) is 3.45. The van der Waals surface area contributed by atoms with Crippen molar-refractivity contribution >= 4 is 42.9 Å². The highest BCUT2D eigenvalue weighted by Gasteiger charge is 2.17. The number of hydrogen-bond acceptors (Lipinski definition) is 2. The van der Waals surface area contributed by atoms with Crippen LogP contribution in [0.5, 0.6) is 0 Å². The van der Waals surface area contributed by atoms with E-state index < -0.39 is 0 Å². The second-order valence-corrected chi connectivity index (χ2v) is 9.42. The fraction of sp³-hybridized carbons (Fsp3) is 0.333. The van der Waals surface area contributed by atoms with Crippen LogP contribution in [0.1, 0.15) is 58.4 Å². The normalized spacial score (nSPS) is 13.6. The number of rotatable bonds is 7. The Morgan fingerprint density at radius 1 is 0.833 bits per heavy atom. The van der Waals surface area contributed by atoms with Crippen LogP contribution in [0, 0.1) is 5.82 Å². The molecule has 3 heteroatoms. The van der Waals surface area contributed by atoms with Gasteiger partial charge in [-0.3, -0.25) is 0 Å². The van der Waals surface area contributed by atoms with E-state index in [4.69, 9.17) is 0 Å². The third-order valence-electron chi connectivity index (χ3n) is 6.19. The highest BCUT2D eigenvalue weighted by molar-refractivity contribution is 7.25. The molecule has 3 aromatic carbocycles. The summed E-state index contributed by atoms with van der Waals surface area (Å²) >= 11 is 1.87. The Bertz CT molecular complexity index is 1140. The first kappa shape index (κ1) is 20.9. The Balaban J connectivity index is 1.78. The number of thiophene rings is 1. The van der Waals surface area contributed by atoms with Crippen molar-refractivity contribution in [1.29, 1.82) is 0 Å². The van der Waals surface area contributed by atoms with Gasteiger partial charge in [-0.2, -0.15) is 0 Å². The van der Waals surface area contributed by atoms with Crippen molar-refractivity contribution in [3.8, 4) is 0 Å². The summed E-state index contributed by atoms with van der Waals surface area (Å²) in [6, 6.07) is 20.9. The molecule has 30 heavy (non-hydrogen) atoms. The molecule has 2 unspecified atom stereocenters. The molecule has 1 heterocycles. The zero-order valence-electron chi connectivity index (χ0n) is 18.3. The summed E-state index contributed by atoms with van der Waals surface area (Å²) in [5.74, 6) is 0.399. The molecule has 156 valence electrons. The van der Waals surface area contributed by atoms with E-state index in [1.807, 2.05) is 23.5 Å². The van der Waals surface area contributed by atoms with Crippen LogP contribution >= 0.6 is 11.3 Å². The number of anilines is 2. The number of hydrogen-bond donors (Lipinski definition) is 0. The largest absolute Gasteiger partial charge is 0.339 e. The number of halogens is 1. The molecule has 1 aromatic heterocycles. The third kappa shape index (κ3) is 3.96. The van der Waals surface area contributed by atoms with Crippen molar-refractivity contribution in [1.82, 2.24) is 0 Å². The van der Waals surface area contributed by atoms with Crippen LogP contribution in [0.25, 0.3) is 20.2 Å². The summed E-state index contributed by atoms with van der Waals surface area (Å²) in [5, 5.41) is 2.66. The highest BCUT2D eigenvalue weighted by Crippen LogP contribution is 2.39. The van der Waals surface area contributed by atoms with Crippen LogP contribution in [0.2, 0.25) is 0 Å². The van der Waals surface area contributed by atoms with Crippen molar-refractivity contribution in [2.45, 2.75) is 58.9 Å². The molecule has 4 rings (SSSR count). The Morgan fingerprint density at radius 3 is 2.13 bits per heavy atom. The van der Waals surface area contributed by atoms with Gasteiger partial charge in [0.05, 0.1) is 0 Å². The molecule has 0 aliphatic rings. The van der Waals surface area contributed by atoms with Gasteiger partial charge < -0.3 is 4.90 Å². The molecule has 0 saturated carbocycles. The maximum absolute atomic E-state index is 13.5. The molecule has 0 N–H and O–H groups in total. The van der Waals surface area contributed by atoms with Gasteiger partial charge in [0.25, 0.3) is 0 Å². The second kappa shape index (κ2) is 8.77. The van der Waals surface area contributed by atoms with E-state index in [0.717, 1.165) is 17.8 Å². The molecule has 1 nitrogen and oxygen atoms in total. The van der Waals surface area contributed by atoms with Gasteiger partial charge in [-0.15, -0.1) is 11.3 Å². The van der Waals surface area contributed by atoms with E-state index in [0.29, 0.717) is 12.0 Å². The molecule has 0 radical (unpaired) electrons. The van der Waals surface area contributed by atoms with E-state index in [1.165, 1.54) is 38.6 Å². The van der Waals surface area contributed by atoms with Crippen molar-refractivity contribution in [2.24, 2.45) is 0 Å². The first-order valence-corrected chi connectivity index (χ1v) is 11.8. The molecule has 0 bridgehead atoms. The monoisotopic (exact) mass is 419 g/mol. The van der Waals surface area contributed by atoms with Gasteiger partial charge in [0, 0.05) is 37.6 Å². The molecule has 0 aliphatic carbocycles. The summed E-state index contributed by atoms with van der Waals surface area (Å²) < 4.78 is 16.1. The predicted octanol–water partition coefficient (Wildman–Crippen LogP) is 9.03. The lowest BCUT2D eigenvalue weighted by Gasteiger charge is -2.31. The van der Waals surface area contributed by atoms with Crippen molar-refractivity contribution < 1.29 is 4.39 Å². The minimum Gasteiger partial charge on any atom is -0.339 e. The Morgan fingerprint density at radius 2 is 1.47 bits per heavy atom. The Kier molecular flexibility index (Phi) is 6.10. The van der Waals surface area contributed by atoms with Gasteiger partial charge in [0.15, 0.2) is 0 Å². The lowest BCUT2D eigenvalue weighted by atomic mass is 9.96. The first-order valence-electron chi connectivity index (χ1n) is 11.0. The first-order chi connectivity index (χ1) is 14.5. The average Bonchev–Trinajstić information content (AvgIpc) is 3.12. The zero-order valence-corrected chi connectivity index (χ0v) is 19.1. The molecular weight excluding hydrogens is 389 g/mol. The van der Waals surface area contributed by atoms with Crippen LogP contribution in [0.4, 0.5) is 15.8 Å². The number of benzene rings is 3. The van der Waals surface area contributed by atoms with E-state index in [-0.39, 0.29) is 5.82 Å². The molecule has 2 atom stereocenters. The molecule has 4 aromatic rings. The zero-order chi connectivity index (χ0) is 21.3. The summed E-state index contributed by atoms with van der Waals surface area (Å²) in [4.78, 5) is 2.32. The SMILES string of the molecule is CCCC(C)c1ccc2c(c1)sc1cc(N(c3ccc(F)cc3)C(C)CC)ccc12. The smallest absolute Gasteiger partial charge is 0.123 e. The molecule has 0 fully saturated rings. The molecule has 0 spiro atoms. The third-order valence-corrected chi connectivity index (χ3v) is 7.30. The predicted molar refractivity (Wildman–Crippen MR) is 131 cm³/mol. The maximum Gasteiger partial charge on any atom is 0.123 e. The van der Waals surface area contributed by atoms with Gasteiger partial charge in [-0.1, -0.05) is 45.4 Å². The van der Waals surface area contributed by atoms with E-state index in [1.54, 1.807) is 12.1 Å². The Labute approximate surface area is 183 Å². The van der Waals surface area contributed by atoms with E-state index in [9.17, 15) is 4.39 Å². The van der Waals surface area contributed by atoms with Gasteiger partial charge in [0.1, 0.15) is 5.82 Å². The lowest BCUT2D eigenvalue weighted by Crippen LogP contribution is -2.27. The van der Waals surface area contributed by atoms with Gasteiger partial charge in [0.2, 0.25) is 0 Å². The summed E-state index contributed by atoms with van der Waals surface area (Å²) in [5.41, 5.74) is 3.63. The van der Waals surface area contributed by atoms with Crippen molar-refractivity contribution in [3.05, 3.63) is 72.0 Å². The van der Waals surface area contributed by atoms with Crippen LogP contribution in [0.3, 0.4) is 0 Å². The number of nitrogens with zero attached hydrogens (tertiary/aromatic N) is 1. The topological polar surface area (TPSA) is 3.24 Å². The molecule has 0 aliphatic heterocycles. The second-order valence-electron chi connectivity index (χ2n) is 8.33. The summed E-state index contributed by atoms with van der Waals surface area (Å²) in [7, 11) is 0. The summed E-state index contributed by atoms with van der Waals surface area (Å²) in [6.45, 7) is 8.99.